The number of carbonyl (C=O) groups excluding carboxylic acids is 1. The lowest BCUT2D eigenvalue weighted by Gasteiger charge is -2.20. The fourth-order valence-electron chi connectivity index (χ4n) is 3.83. The van der Waals surface area contributed by atoms with Gasteiger partial charge in [-0.05, 0) is 67.9 Å². The molecule has 2 heterocycles. The molecular formula is C23H21F2N3O2S2. The maximum Gasteiger partial charge on any atom is 0.288 e. The van der Waals surface area contributed by atoms with Gasteiger partial charge < -0.3 is 9.88 Å². The van der Waals surface area contributed by atoms with Crippen LogP contribution in [0.3, 0.4) is 0 Å². The van der Waals surface area contributed by atoms with Crippen molar-refractivity contribution in [2.75, 3.05) is 5.32 Å². The molecule has 4 rings (SSSR count). The average Bonchev–Trinajstić information content (AvgIpc) is 3.04. The molecule has 1 amide bonds. The highest BCUT2D eigenvalue weighted by Gasteiger charge is 2.22. The first-order valence-electron chi connectivity index (χ1n) is 10.3. The molecule has 0 atom stereocenters. The number of carbonyl (C=O) groups is 1. The molecule has 0 fully saturated rings. The normalized spacial score (nSPS) is 13.5. The lowest BCUT2D eigenvalue weighted by molar-refractivity contribution is 0.102. The number of benzene rings is 2. The van der Waals surface area contributed by atoms with Crippen molar-refractivity contribution in [1.82, 2.24) is 9.13 Å². The van der Waals surface area contributed by atoms with Crippen LogP contribution < -0.4 is 10.9 Å². The van der Waals surface area contributed by atoms with E-state index < -0.39 is 11.3 Å². The van der Waals surface area contributed by atoms with E-state index >= 15 is 0 Å². The van der Waals surface area contributed by atoms with Crippen LogP contribution in [0, 0.1) is 4.77 Å². The van der Waals surface area contributed by atoms with E-state index in [9.17, 15) is 18.4 Å². The molecule has 166 valence electrons. The quantitative estimate of drug-likeness (QED) is 0.384. The van der Waals surface area contributed by atoms with Gasteiger partial charge in [0.2, 0.25) is 0 Å². The Balaban J connectivity index is 1.83. The molecule has 0 aliphatic carbocycles. The summed E-state index contributed by atoms with van der Waals surface area (Å²) in [6.07, 6.45) is 3.44. The van der Waals surface area contributed by atoms with Crippen molar-refractivity contribution in [3.8, 4) is 5.69 Å². The third-order valence-electron chi connectivity index (χ3n) is 5.34. The topological polar surface area (TPSA) is 56.0 Å². The summed E-state index contributed by atoms with van der Waals surface area (Å²) >= 11 is 6.10. The van der Waals surface area contributed by atoms with Gasteiger partial charge in [-0.1, -0.05) is 36.4 Å². The van der Waals surface area contributed by atoms with Crippen molar-refractivity contribution in [2.45, 2.75) is 42.9 Å². The molecular weight excluding hydrogens is 452 g/mol. The Kier molecular flexibility index (Phi) is 6.86. The van der Waals surface area contributed by atoms with Crippen LogP contribution in [0.25, 0.3) is 5.69 Å². The van der Waals surface area contributed by atoms with Crippen LogP contribution in [0.1, 0.15) is 35.3 Å². The van der Waals surface area contributed by atoms with E-state index in [1.54, 1.807) is 36.4 Å². The van der Waals surface area contributed by atoms with Gasteiger partial charge in [0.25, 0.3) is 17.2 Å². The number of thioether (sulfide) groups is 1. The second-order valence-electron chi connectivity index (χ2n) is 7.40. The largest absolute Gasteiger partial charge is 0.320 e. The second kappa shape index (κ2) is 9.79. The number of fused-ring (bicyclic) bond motifs is 1. The number of hydrogen-bond donors (Lipinski definition) is 1. The molecule has 0 radical (unpaired) electrons. The molecule has 1 aromatic heterocycles. The van der Waals surface area contributed by atoms with E-state index in [4.69, 9.17) is 12.2 Å². The van der Waals surface area contributed by atoms with E-state index in [-0.39, 0.29) is 11.6 Å². The van der Waals surface area contributed by atoms with Crippen molar-refractivity contribution in [3.63, 3.8) is 0 Å². The smallest absolute Gasteiger partial charge is 0.288 e. The molecule has 0 saturated heterocycles. The highest BCUT2D eigenvalue weighted by atomic mass is 32.2. The van der Waals surface area contributed by atoms with Gasteiger partial charge in [-0.25, -0.2) is 0 Å². The van der Waals surface area contributed by atoms with E-state index in [0.29, 0.717) is 45.6 Å². The zero-order valence-electron chi connectivity index (χ0n) is 17.1. The molecule has 0 bridgehead atoms. The highest BCUT2D eigenvalue weighted by Crippen LogP contribution is 2.27. The van der Waals surface area contributed by atoms with Gasteiger partial charge in [-0.2, -0.15) is 8.78 Å². The van der Waals surface area contributed by atoms with Gasteiger partial charge >= 0.3 is 0 Å². The van der Waals surface area contributed by atoms with Gasteiger partial charge in [0.1, 0.15) is 5.69 Å². The molecule has 0 spiro atoms. The fraction of sp³-hybridized carbons (Fsp3) is 0.261. The van der Waals surface area contributed by atoms with Crippen LogP contribution in [0.4, 0.5) is 14.5 Å². The first kappa shape index (κ1) is 22.4. The van der Waals surface area contributed by atoms with Crippen LogP contribution in [-0.2, 0) is 13.0 Å². The summed E-state index contributed by atoms with van der Waals surface area (Å²) in [5.74, 6) is -2.90. The summed E-state index contributed by atoms with van der Waals surface area (Å²) in [5.41, 5.74) is 1.42. The van der Waals surface area contributed by atoms with Crippen molar-refractivity contribution < 1.29 is 13.6 Å². The van der Waals surface area contributed by atoms with Gasteiger partial charge in [0.15, 0.2) is 4.77 Å². The molecule has 32 heavy (non-hydrogen) atoms. The first-order chi connectivity index (χ1) is 15.5. The Bertz CT molecular complexity index is 1240. The number of nitrogens with zero attached hydrogens (tertiary/aromatic N) is 2. The number of rotatable bonds is 5. The average molecular weight is 474 g/mol. The number of amides is 1. The molecule has 1 N–H and O–H groups in total. The van der Waals surface area contributed by atoms with Crippen LogP contribution in [-0.4, -0.2) is 20.8 Å². The Hall–Kier alpha value is -2.78. The Morgan fingerprint density at radius 1 is 1.03 bits per heavy atom. The zero-order valence-corrected chi connectivity index (χ0v) is 18.7. The molecule has 9 heteroatoms. The number of hydrogen-bond acceptors (Lipinski definition) is 4. The standard InChI is InChI=1S/C23H21F2N3O2S2/c24-22(25)32-17-12-10-16(11-13-17)28-21(30)19(26-20(29)15-7-3-1-4-8-15)18-9-5-2-6-14-27(18)23(28)31/h1,3-4,7-8,10-13,22H,2,5-6,9,14H2,(H,26,29). The van der Waals surface area contributed by atoms with Crippen LogP contribution in [0.5, 0.6) is 0 Å². The van der Waals surface area contributed by atoms with Gasteiger partial charge in [0, 0.05) is 22.7 Å². The first-order valence-corrected chi connectivity index (χ1v) is 11.5. The molecule has 2 aromatic carbocycles. The number of alkyl halides is 2. The maximum atomic E-state index is 13.5. The zero-order chi connectivity index (χ0) is 22.7. The Morgan fingerprint density at radius 3 is 2.44 bits per heavy atom. The van der Waals surface area contributed by atoms with Gasteiger partial charge in [-0.3, -0.25) is 14.2 Å². The van der Waals surface area contributed by atoms with Gasteiger partial charge in [-0.15, -0.1) is 0 Å². The summed E-state index contributed by atoms with van der Waals surface area (Å²) in [6.45, 7) is 0.641. The summed E-state index contributed by atoms with van der Waals surface area (Å²) in [7, 11) is 0. The van der Waals surface area contributed by atoms with E-state index in [1.165, 1.54) is 16.7 Å². The fourth-order valence-corrected chi connectivity index (χ4v) is 4.72. The lowest BCUT2D eigenvalue weighted by Crippen LogP contribution is -2.31. The second-order valence-corrected chi connectivity index (χ2v) is 8.83. The molecule has 0 unspecified atom stereocenters. The molecule has 1 aliphatic rings. The van der Waals surface area contributed by atoms with Crippen LogP contribution in [0.2, 0.25) is 0 Å². The predicted molar refractivity (Wildman–Crippen MR) is 125 cm³/mol. The van der Waals surface area contributed by atoms with Crippen LogP contribution in [0.15, 0.2) is 64.3 Å². The third kappa shape index (κ3) is 4.68. The van der Waals surface area contributed by atoms with Crippen LogP contribution >= 0.6 is 24.0 Å². The Labute approximate surface area is 193 Å². The molecule has 3 aromatic rings. The minimum Gasteiger partial charge on any atom is -0.320 e. The number of nitrogens with one attached hydrogen (secondary N) is 1. The minimum atomic E-state index is -2.53. The monoisotopic (exact) mass is 473 g/mol. The number of anilines is 1. The third-order valence-corrected chi connectivity index (χ3v) is 6.47. The van der Waals surface area contributed by atoms with E-state index in [0.717, 1.165) is 25.0 Å². The molecule has 0 saturated carbocycles. The summed E-state index contributed by atoms with van der Waals surface area (Å²) in [5, 5.41) is 2.81. The summed E-state index contributed by atoms with van der Waals surface area (Å²) in [6, 6.07) is 14.9. The van der Waals surface area contributed by atoms with Crippen molar-refractivity contribution >= 4 is 35.6 Å². The van der Waals surface area contributed by atoms with Crippen molar-refractivity contribution in [3.05, 3.63) is 81.0 Å². The number of aromatic nitrogens is 2. The molecule has 1 aliphatic heterocycles. The van der Waals surface area contributed by atoms with Crippen molar-refractivity contribution in [1.29, 1.82) is 0 Å². The minimum absolute atomic E-state index is 0.209. The highest BCUT2D eigenvalue weighted by molar-refractivity contribution is 7.99. The predicted octanol–water partition coefficient (Wildman–Crippen LogP) is 5.66. The summed E-state index contributed by atoms with van der Waals surface area (Å²) < 4.78 is 28.9. The van der Waals surface area contributed by atoms with E-state index in [1.807, 2.05) is 10.6 Å². The van der Waals surface area contributed by atoms with Crippen molar-refractivity contribution in [2.24, 2.45) is 0 Å². The summed E-state index contributed by atoms with van der Waals surface area (Å²) in [4.78, 5) is 26.8. The Morgan fingerprint density at radius 2 is 1.75 bits per heavy atom. The molecule has 5 nitrogen and oxygen atoms in total. The number of halogens is 2. The van der Waals surface area contributed by atoms with Gasteiger partial charge in [0.05, 0.1) is 5.69 Å². The van der Waals surface area contributed by atoms with E-state index in [2.05, 4.69) is 5.32 Å². The SMILES string of the molecule is O=C(Nc1c2n(c(=S)n(-c3ccc(SC(F)F)cc3)c1=O)CCCCC2)c1ccccc1. The maximum absolute atomic E-state index is 13.5. The lowest BCUT2D eigenvalue weighted by atomic mass is 10.1.